The van der Waals surface area contributed by atoms with E-state index in [9.17, 15) is 14.7 Å². The molecule has 2 heterocycles. The zero-order valence-electron chi connectivity index (χ0n) is 19.7. The smallest absolute Gasteiger partial charge is 0.295 e. The first-order valence-electron chi connectivity index (χ1n) is 11.5. The molecule has 1 amide bonds. The minimum absolute atomic E-state index is 0.0404. The van der Waals surface area contributed by atoms with E-state index in [1.54, 1.807) is 18.2 Å². The summed E-state index contributed by atoms with van der Waals surface area (Å²) >= 11 is 0. The molecular formula is C26H30N2O6. The van der Waals surface area contributed by atoms with Gasteiger partial charge in [-0.2, -0.15) is 0 Å². The molecule has 0 aliphatic carbocycles. The molecule has 180 valence electrons. The summed E-state index contributed by atoms with van der Waals surface area (Å²) in [5.74, 6) is 0.0407. The van der Waals surface area contributed by atoms with Gasteiger partial charge in [-0.25, -0.2) is 0 Å². The Morgan fingerprint density at radius 3 is 2.59 bits per heavy atom. The molecule has 0 spiro atoms. The maximum absolute atomic E-state index is 13.3. The molecule has 0 saturated carbocycles. The summed E-state index contributed by atoms with van der Waals surface area (Å²) in [6, 6.07) is 11.5. The number of hydrogen-bond donors (Lipinski definition) is 1. The summed E-state index contributed by atoms with van der Waals surface area (Å²) in [5, 5.41) is 11.3. The van der Waals surface area contributed by atoms with Crippen LogP contribution in [0.3, 0.4) is 0 Å². The van der Waals surface area contributed by atoms with Gasteiger partial charge in [-0.05, 0) is 58.3 Å². The average molecular weight is 467 g/mol. The van der Waals surface area contributed by atoms with E-state index in [2.05, 4.69) is 0 Å². The largest absolute Gasteiger partial charge is 0.507 e. The first kappa shape index (κ1) is 23.6. The van der Waals surface area contributed by atoms with Crippen molar-refractivity contribution >= 4 is 17.4 Å². The molecule has 0 bridgehead atoms. The van der Waals surface area contributed by atoms with Crippen molar-refractivity contribution in [3.8, 4) is 17.2 Å². The lowest BCUT2D eigenvalue weighted by Crippen LogP contribution is -2.32. The number of aliphatic hydroxyl groups excluding tert-OH is 1. The van der Waals surface area contributed by atoms with Gasteiger partial charge < -0.3 is 29.1 Å². The van der Waals surface area contributed by atoms with Crippen molar-refractivity contribution in [3.63, 3.8) is 0 Å². The summed E-state index contributed by atoms with van der Waals surface area (Å²) in [4.78, 5) is 30.0. The number of ether oxygens (including phenoxy) is 3. The average Bonchev–Trinajstić information content (AvgIpc) is 3.08. The Labute approximate surface area is 199 Å². The third-order valence-corrected chi connectivity index (χ3v) is 5.87. The van der Waals surface area contributed by atoms with Crippen LogP contribution >= 0.6 is 0 Å². The number of fused-ring (bicyclic) bond motifs is 1. The Hall–Kier alpha value is -3.52. The highest BCUT2D eigenvalue weighted by Gasteiger charge is 2.46. The molecule has 2 aromatic carbocycles. The van der Waals surface area contributed by atoms with Crippen molar-refractivity contribution in [1.29, 1.82) is 0 Å². The number of aliphatic hydroxyl groups is 1. The Kier molecular flexibility index (Phi) is 7.07. The SMILES string of the molecule is CCOc1ccccc1[C@H]1C(=C(O)c2ccc3c(c2)OCCO3)C(=O)C(=O)N1CCCN(C)C. The zero-order valence-corrected chi connectivity index (χ0v) is 19.7. The van der Waals surface area contributed by atoms with Crippen molar-refractivity contribution in [1.82, 2.24) is 9.80 Å². The summed E-state index contributed by atoms with van der Waals surface area (Å²) < 4.78 is 17.0. The van der Waals surface area contributed by atoms with Crippen LogP contribution in [0.4, 0.5) is 0 Å². The Balaban J connectivity index is 1.82. The van der Waals surface area contributed by atoms with Gasteiger partial charge in [0.1, 0.15) is 24.7 Å². The third-order valence-electron chi connectivity index (χ3n) is 5.87. The zero-order chi connectivity index (χ0) is 24.2. The molecule has 2 aliphatic heterocycles. The van der Waals surface area contributed by atoms with E-state index in [1.165, 1.54) is 4.90 Å². The first-order chi connectivity index (χ1) is 16.4. The molecule has 8 heteroatoms. The lowest BCUT2D eigenvalue weighted by atomic mass is 9.94. The van der Waals surface area contributed by atoms with Crippen LogP contribution in [0.1, 0.15) is 30.5 Å². The molecule has 1 atom stereocenters. The molecule has 1 saturated heterocycles. The quantitative estimate of drug-likeness (QED) is 0.363. The number of ketones is 1. The van der Waals surface area contributed by atoms with Crippen LogP contribution in [0, 0.1) is 0 Å². The predicted octanol–water partition coefficient (Wildman–Crippen LogP) is 3.23. The van der Waals surface area contributed by atoms with E-state index in [0.29, 0.717) is 61.2 Å². The van der Waals surface area contributed by atoms with Crippen LogP contribution in [0.15, 0.2) is 48.0 Å². The predicted molar refractivity (Wildman–Crippen MR) is 127 cm³/mol. The number of likely N-dealkylation sites (tertiary alicyclic amines) is 1. The van der Waals surface area contributed by atoms with Crippen LogP contribution in [-0.4, -0.2) is 73.6 Å². The lowest BCUT2D eigenvalue weighted by molar-refractivity contribution is -0.140. The number of carbonyl (C=O) groups excluding carboxylic acids is 2. The molecule has 4 rings (SSSR count). The maximum atomic E-state index is 13.3. The fourth-order valence-electron chi connectivity index (χ4n) is 4.33. The van der Waals surface area contributed by atoms with Gasteiger partial charge >= 0.3 is 0 Å². The van der Waals surface area contributed by atoms with E-state index in [-0.39, 0.29) is 11.3 Å². The monoisotopic (exact) mass is 466 g/mol. The minimum Gasteiger partial charge on any atom is -0.507 e. The Bertz CT molecular complexity index is 1110. The molecule has 1 N–H and O–H groups in total. The van der Waals surface area contributed by atoms with Gasteiger partial charge in [0.15, 0.2) is 11.5 Å². The molecule has 34 heavy (non-hydrogen) atoms. The molecule has 0 unspecified atom stereocenters. The highest BCUT2D eigenvalue weighted by Crippen LogP contribution is 2.43. The normalized spacial score (nSPS) is 19.1. The molecular weight excluding hydrogens is 436 g/mol. The van der Waals surface area contributed by atoms with Crippen LogP contribution in [0.2, 0.25) is 0 Å². The van der Waals surface area contributed by atoms with Gasteiger partial charge in [-0.1, -0.05) is 18.2 Å². The molecule has 2 aliphatic rings. The molecule has 0 aromatic heterocycles. The second-order valence-electron chi connectivity index (χ2n) is 8.48. The Morgan fingerprint density at radius 1 is 1.12 bits per heavy atom. The summed E-state index contributed by atoms with van der Waals surface area (Å²) in [7, 11) is 3.91. The second kappa shape index (κ2) is 10.2. The van der Waals surface area contributed by atoms with E-state index in [4.69, 9.17) is 14.2 Å². The number of benzene rings is 2. The van der Waals surface area contributed by atoms with E-state index < -0.39 is 17.7 Å². The fraction of sp³-hybridized carbons (Fsp3) is 0.385. The fourth-order valence-corrected chi connectivity index (χ4v) is 4.33. The molecule has 8 nitrogen and oxygen atoms in total. The van der Waals surface area contributed by atoms with Crippen molar-refractivity contribution in [3.05, 3.63) is 59.2 Å². The highest BCUT2D eigenvalue weighted by atomic mass is 16.6. The van der Waals surface area contributed by atoms with Crippen molar-refractivity contribution in [2.75, 3.05) is 47.0 Å². The standard InChI is InChI=1S/C26H30N2O6/c1-4-32-19-9-6-5-8-18(19)23-22(25(30)26(31)28(23)13-7-12-27(2)3)24(29)17-10-11-20-21(16-17)34-15-14-33-20/h5-6,8-11,16,23,29H,4,7,12-15H2,1-3H3/t23-/m0/s1. The van der Waals surface area contributed by atoms with Gasteiger partial charge in [0.25, 0.3) is 11.7 Å². The van der Waals surface area contributed by atoms with Crippen molar-refractivity contribution in [2.45, 2.75) is 19.4 Å². The van der Waals surface area contributed by atoms with Crippen LogP contribution in [-0.2, 0) is 9.59 Å². The topological polar surface area (TPSA) is 88.5 Å². The van der Waals surface area contributed by atoms with Gasteiger partial charge in [0.2, 0.25) is 0 Å². The van der Waals surface area contributed by atoms with Crippen LogP contribution < -0.4 is 14.2 Å². The van der Waals surface area contributed by atoms with E-state index in [1.807, 2.05) is 50.2 Å². The minimum atomic E-state index is -0.766. The molecule has 0 radical (unpaired) electrons. The van der Waals surface area contributed by atoms with E-state index in [0.717, 1.165) is 6.54 Å². The summed E-state index contributed by atoms with van der Waals surface area (Å²) in [5.41, 5.74) is 1.08. The van der Waals surface area contributed by atoms with Crippen molar-refractivity contribution in [2.24, 2.45) is 0 Å². The van der Waals surface area contributed by atoms with Crippen LogP contribution in [0.25, 0.3) is 5.76 Å². The second-order valence-corrected chi connectivity index (χ2v) is 8.48. The lowest BCUT2D eigenvalue weighted by Gasteiger charge is -2.27. The van der Waals surface area contributed by atoms with Gasteiger partial charge in [0.05, 0.1) is 18.2 Å². The Morgan fingerprint density at radius 2 is 1.85 bits per heavy atom. The number of amides is 1. The van der Waals surface area contributed by atoms with Crippen molar-refractivity contribution < 1.29 is 28.9 Å². The number of rotatable bonds is 8. The molecule has 1 fully saturated rings. The number of Topliss-reactive ketones (excluding diaryl/α,β-unsaturated/α-hetero) is 1. The molecule has 2 aromatic rings. The highest BCUT2D eigenvalue weighted by molar-refractivity contribution is 6.46. The number of hydrogen-bond acceptors (Lipinski definition) is 7. The van der Waals surface area contributed by atoms with Gasteiger partial charge in [-0.3, -0.25) is 9.59 Å². The third kappa shape index (κ3) is 4.59. The first-order valence-corrected chi connectivity index (χ1v) is 11.5. The number of carbonyl (C=O) groups is 2. The summed E-state index contributed by atoms with van der Waals surface area (Å²) in [6.45, 7) is 4.27. The number of para-hydroxylation sites is 1. The van der Waals surface area contributed by atoms with Gasteiger partial charge in [-0.15, -0.1) is 0 Å². The van der Waals surface area contributed by atoms with Gasteiger partial charge in [0, 0.05) is 17.7 Å². The van der Waals surface area contributed by atoms with E-state index >= 15 is 0 Å². The summed E-state index contributed by atoms with van der Waals surface area (Å²) in [6.07, 6.45) is 0.678. The van der Waals surface area contributed by atoms with Crippen LogP contribution in [0.5, 0.6) is 17.2 Å². The maximum Gasteiger partial charge on any atom is 0.295 e. The number of nitrogens with zero attached hydrogens (tertiary/aromatic N) is 2.